The Bertz CT molecular complexity index is 736. The first kappa shape index (κ1) is 15.7. The van der Waals surface area contributed by atoms with Gasteiger partial charge in [0.2, 0.25) is 0 Å². The molecule has 5 nitrogen and oxygen atoms in total. The Kier molecular flexibility index (Phi) is 4.81. The van der Waals surface area contributed by atoms with E-state index in [-0.39, 0.29) is 9.20 Å². The fourth-order valence-corrected chi connectivity index (χ4v) is 4.00. The second-order valence-corrected chi connectivity index (χ2v) is 7.48. The molecule has 0 unspecified atom stereocenters. The summed E-state index contributed by atoms with van der Waals surface area (Å²) in [4.78, 5) is 0.750. The Morgan fingerprint density at radius 3 is 2.48 bits per heavy atom. The maximum Gasteiger partial charge on any atom is 0.271 e. The topological polar surface area (TPSA) is 81.4 Å². The van der Waals surface area contributed by atoms with Crippen molar-refractivity contribution in [3.8, 4) is 5.75 Å². The fraction of sp³-hybridized carbons (Fsp3) is 0.154. The minimum absolute atomic E-state index is 0.166. The monoisotopic (exact) mass is 342 g/mol. The van der Waals surface area contributed by atoms with Crippen LogP contribution in [0.25, 0.3) is 0 Å². The maximum absolute atomic E-state index is 12.2. The van der Waals surface area contributed by atoms with Crippen LogP contribution in [-0.4, -0.2) is 20.0 Å². The predicted octanol–water partition coefficient (Wildman–Crippen LogP) is 2.58. The molecule has 0 aliphatic heterocycles. The Morgan fingerprint density at radius 2 is 1.95 bits per heavy atom. The van der Waals surface area contributed by atoms with Crippen LogP contribution in [0.2, 0.25) is 0 Å². The lowest BCUT2D eigenvalue weighted by Crippen LogP contribution is -2.11. The molecule has 2 aromatic rings. The van der Waals surface area contributed by atoms with Gasteiger partial charge in [0.1, 0.15) is 14.9 Å². The van der Waals surface area contributed by atoms with Crippen LogP contribution in [0.5, 0.6) is 5.75 Å². The number of nitrogens with one attached hydrogen (secondary N) is 1. The van der Waals surface area contributed by atoms with Gasteiger partial charge in [0, 0.05) is 5.69 Å². The van der Waals surface area contributed by atoms with Crippen molar-refractivity contribution in [3.05, 3.63) is 41.3 Å². The normalized spacial score (nSPS) is 11.1. The van der Waals surface area contributed by atoms with Crippen molar-refractivity contribution in [2.24, 2.45) is 5.73 Å². The lowest BCUT2D eigenvalue weighted by atomic mass is 10.3. The second kappa shape index (κ2) is 6.42. The third kappa shape index (κ3) is 3.93. The van der Waals surface area contributed by atoms with E-state index in [9.17, 15) is 8.42 Å². The Labute approximate surface area is 132 Å². The van der Waals surface area contributed by atoms with E-state index in [0.717, 1.165) is 11.3 Å². The van der Waals surface area contributed by atoms with Crippen molar-refractivity contribution in [2.45, 2.75) is 11.1 Å². The molecule has 0 atom stereocenters. The number of benzene rings is 1. The summed E-state index contributed by atoms with van der Waals surface area (Å²) >= 11 is 5.86. The Hall–Kier alpha value is -1.64. The molecule has 8 heteroatoms. The molecule has 0 aliphatic rings. The summed E-state index contributed by atoms with van der Waals surface area (Å²) in [6, 6.07) is 9.78. The SMILES string of the molecule is CCOc1ccc(NS(=O)(=O)c2ccc(C(N)=S)s2)cc1. The molecule has 0 bridgehead atoms. The standard InChI is InChI=1S/C13H14N2O3S3/c1-2-18-10-5-3-9(4-6-10)15-21(16,17)12-8-7-11(20-12)13(14)19/h3-8,15H,2H2,1H3,(H2,14,19). The minimum Gasteiger partial charge on any atom is -0.494 e. The van der Waals surface area contributed by atoms with E-state index in [4.69, 9.17) is 22.7 Å². The van der Waals surface area contributed by atoms with Gasteiger partial charge in [0.25, 0.3) is 10.0 Å². The predicted molar refractivity (Wildman–Crippen MR) is 88.6 cm³/mol. The van der Waals surface area contributed by atoms with Crippen molar-refractivity contribution in [1.82, 2.24) is 0 Å². The maximum atomic E-state index is 12.2. The number of anilines is 1. The molecule has 0 aliphatic carbocycles. The minimum atomic E-state index is -3.64. The molecule has 3 N–H and O–H groups in total. The first-order chi connectivity index (χ1) is 9.92. The van der Waals surface area contributed by atoms with Gasteiger partial charge >= 0.3 is 0 Å². The van der Waals surface area contributed by atoms with Gasteiger partial charge in [-0.2, -0.15) is 0 Å². The van der Waals surface area contributed by atoms with Gasteiger partial charge in [-0.15, -0.1) is 11.3 Å². The summed E-state index contributed by atoms with van der Waals surface area (Å²) in [6.45, 7) is 2.44. The zero-order chi connectivity index (χ0) is 15.5. The molecule has 112 valence electrons. The van der Waals surface area contributed by atoms with Crippen LogP contribution in [0.1, 0.15) is 11.8 Å². The third-order valence-electron chi connectivity index (χ3n) is 2.51. The summed E-state index contributed by atoms with van der Waals surface area (Å²) in [5, 5.41) is 0. The van der Waals surface area contributed by atoms with Gasteiger partial charge in [-0.1, -0.05) is 12.2 Å². The molecule has 0 radical (unpaired) electrons. The molecule has 0 amide bonds. The highest BCUT2D eigenvalue weighted by Gasteiger charge is 2.17. The number of sulfonamides is 1. The van der Waals surface area contributed by atoms with E-state index in [0.29, 0.717) is 22.9 Å². The zero-order valence-electron chi connectivity index (χ0n) is 11.2. The van der Waals surface area contributed by atoms with Crippen molar-refractivity contribution in [3.63, 3.8) is 0 Å². The first-order valence-corrected chi connectivity index (χ1v) is 8.78. The molecule has 1 aromatic carbocycles. The van der Waals surface area contributed by atoms with Crippen molar-refractivity contribution in [2.75, 3.05) is 11.3 Å². The lowest BCUT2D eigenvalue weighted by Gasteiger charge is -2.07. The largest absolute Gasteiger partial charge is 0.494 e. The fourth-order valence-electron chi connectivity index (χ4n) is 1.59. The Morgan fingerprint density at radius 1 is 1.29 bits per heavy atom. The van der Waals surface area contributed by atoms with E-state index in [1.54, 1.807) is 30.3 Å². The highest BCUT2D eigenvalue weighted by molar-refractivity contribution is 7.94. The van der Waals surface area contributed by atoms with Crippen LogP contribution >= 0.6 is 23.6 Å². The molecule has 0 saturated carbocycles. The van der Waals surface area contributed by atoms with Gasteiger partial charge < -0.3 is 10.5 Å². The number of hydrogen-bond donors (Lipinski definition) is 2. The van der Waals surface area contributed by atoms with Gasteiger partial charge in [-0.3, -0.25) is 4.72 Å². The third-order valence-corrected chi connectivity index (χ3v) is 5.85. The van der Waals surface area contributed by atoms with Crippen molar-refractivity contribution < 1.29 is 13.2 Å². The van der Waals surface area contributed by atoms with Crippen LogP contribution in [0, 0.1) is 0 Å². The van der Waals surface area contributed by atoms with E-state index in [1.807, 2.05) is 6.92 Å². The van der Waals surface area contributed by atoms with E-state index >= 15 is 0 Å². The zero-order valence-corrected chi connectivity index (χ0v) is 13.6. The van der Waals surface area contributed by atoms with Gasteiger partial charge in [-0.05, 0) is 43.3 Å². The molecule has 0 saturated heterocycles. The average Bonchev–Trinajstić information content (AvgIpc) is 2.92. The van der Waals surface area contributed by atoms with E-state index in [2.05, 4.69) is 4.72 Å². The number of nitrogens with two attached hydrogens (primary N) is 1. The number of hydrogen-bond acceptors (Lipinski definition) is 5. The summed E-state index contributed by atoms with van der Waals surface area (Å²) < 4.78 is 32.4. The first-order valence-electron chi connectivity index (χ1n) is 6.07. The van der Waals surface area contributed by atoms with Gasteiger partial charge in [0.15, 0.2) is 0 Å². The molecule has 21 heavy (non-hydrogen) atoms. The molecule has 1 aromatic heterocycles. The quantitative estimate of drug-likeness (QED) is 0.789. The Balaban J connectivity index is 2.18. The molecule has 0 spiro atoms. The van der Waals surface area contributed by atoms with E-state index in [1.165, 1.54) is 6.07 Å². The van der Waals surface area contributed by atoms with E-state index < -0.39 is 10.0 Å². The second-order valence-electron chi connectivity index (χ2n) is 4.05. The molecular formula is C13H14N2O3S3. The van der Waals surface area contributed by atoms with Crippen LogP contribution < -0.4 is 15.2 Å². The summed E-state index contributed by atoms with van der Waals surface area (Å²) in [5.41, 5.74) is 5.94. The molecule has 1 heterocycles. The van der Waals surface area contributed by atoms with Crippen molar-refractivity contribution >= 4 is 44.3 Å². The summed E-state index contributed by atoms with van der Waals surface area (Å²) in [6.07, 6.45) is 0. The van der Waals surface area contributed by atoms with Crippen molar-refractivity contribution in [1.29, 1.82) is 0 Å². The van der Waals surface area contributed by atoms with Gasteiger partial charge in [-0.25, -0.2) is 8.42 Å². The van der Waals surface area contributed by atoms with Crippen LogP contribution in [0.4, 0.5) is 5.69 Å². The summed E-state index contributed by atoms with van der Waals surface area (Å²) in [7, 11) is -3.64. The van der Waals surface area contributed by atoms with Gasteiger partial charge in [0.05, 0.1) is 11.5 Å². The average molecular weight is 342 g/mol. The number of thiophene rings is 1. The molecule has 2 rings (SSSR count). The number of thiocarbonyl (C=S) groups is 1. The molecular weight excluding hydrogens is 328 g/mol. The highest BCUT2D eigenvalue weighted by atomic mass is 32.2. The lowest BCUT2D eigenvalue weighted by molar-refractivity contribution is 0.340. The molecule has 0 fully saturated rings. The number of rotatable bonds is 6. The smallest absolute Gasteiger partial charge is 0.271 e. The highest BCUT2D eigenvalue weighted by Crippen LogP contribution is 2.25. The number of ether oxygens (including phenoxy) is 1. The van der Waals surface area contributed by atoms with Crippen LogP contribution in [0.15, 0.2) is 40.6 Å². The van der Waals surface area contributed by atoms with Crippen LogP contribution in [0.3, 0.4) is 0 Å². The summed E-state index contributed by atoms with van der Waals surface area (Å²) in [5.74, 6) is 0.687. The van der Waals surface area contributed by atoms with Crippen LogP contribution in [-0.2, 0) is 10.0 Å².